The summed E-state index contributed by atoms with van der Waals surface area (Å²) in [5.41, 5.74) is 3.30. The first-order valence-corrected chi connectivity index (χ1v) is 9.42. The van der Waals surface area contributed by atoms with Crippen LogP contribution in [0.15, 0.2) is 86.8 Å². The van der Waals surface area contributed by atoms with Crippen molar-refractivity contribution in [3.8, 4) is 11.1 Å². The van der Waals surface area contributed by atoms with Crippen LogP contribution in [0.5, 0.6) is 0 Å². The molecular formula is C24H28N2O2. The maximum atomic E-state index is 12.2. The van der Waals surface area contributed by atoms with Crippen molar-refractivity contribution >= 4 is 6.09 Å². The first kappa shape index (κ1) is 21.2. The minimum Gasteiger partial charge on any atom is -0.446 e. The average Bonchev–Trinajstić information content (AvgIpc) is 2.74. The van der Waals surface area contributed by atoms with E-state index in [0.717, 1.165) is 23.1 Å². The lowest BCUT2D eigenvalue weighted by Gasteiger charge is -2.35. The summed E-state index contributed by atoms with van der Waals surface area (Å²) < 4.78 is 5.48. The number of cyclic esters (lactones) is 1. The fourth-order valence-corrected chi connectivity index (χ4v) is 3.01. The number of ether oxygens (including phenoxy) is 1. The number of amides is 1. The highest BCUT2D eigenvalue weighted by Gasteiger charge is 2.30. The van der Waals surface area contributed by atoms with Gasteiger partial charge in [0.25, 0.3) is 0 Å². The molecule has 2 unspecified atom stereocenters. The van der Waals surface area contributed by atoms with E-state index in [2.05, 4.69) is 49.0 Å². The molecule has 1 aliphatic heterocycles. The molecule has 1 fully saturated rings. The maximum Gasteiger partial charge on any atom is 0.410 e. The van der Waals surface area contributed by atoms with Gasteiger partial charge >= 0.3 is 6.09 Å². The Hall–Kier alpha value is -3.14. The molecule has 4 heteroatoms. The van der Waals surface area contributed by atoms with Crippen molar-refractivity contribution in [3.63, 3.8) is 0 Å². The number of aromatic nitrogens is 1. The van der Waals surface area contributed by atoms with Gasteiger partial charge in [0, 0.05) is 31.8 Å². The fourth-order valence-electron chi connectivity index (χ4n) is 3.01. The standard InChI is InChI=1S/C20H22N2O2.C4H6/c1-3-5-19-11-13-22(20(23)24-19)15(2)16-7-9-17(10-8-16)18-6-4-12-21-14-18;1-3-4-2/h3-4,6-10,12,14-15,19H,1,5,11,13H2,2H3;3-4H,1-2H2. The summed E-state index contributed by atoms with van der Waals surface area (Å²) in [6.07, 6.45) is 9.97. The zero-order chi connectivity index (χ0) is 20.4. The van der Waals surface area contributed by atoms with E-state index in [1.807, 2.05) is 25.3 Å². The summed E-state index contributed by atoms with van der Waals surface area (Å²) in [5, 5.41) is 0. The summed E-state index contributed by atoms with van der Waals surface area (Å²) in [4.78, 5) is 18.2. The lowest BCUT2D eigenvalue weighted by atomic mass is 10.0. The third-order valence-corrected chi connectivity index (χ3v) is 4.65. The molecule has 146 valence electrons. The Morgan fingerprint density at radius 1 is 1.18 bits per heavy atom. The molecule has 0 aliphatic carbocycles. The van der Waals surface area contributed by atoms with Crippen LogP contribution in [-0.2, 0) is 4.74 Å². The molecule has 1 amide bonds. The predicted molar refractivity (Wildman–Crippen MR) is 115 cm³/mol. The normalized spacial score (nSPS) is 16.8. The Morgan fingerprint density at radius 3 is 2.43 bits per heavy atom. The molecule has 2 atom stereocenters. The van der Waals surface area contributed by atoms with Gasteiger partial charge in [0.1, 0.15) is 6.10 Å². The monoisotopic (exact) mass is 376 g/mol. The van der Waals surface area contributed by atoms with Crippen molar-refractivity contribution in [1.82, 2.24) is 9.88 Å². The van der Waals surface area contributed by atoms with E-state index >= 15 is 0 Å². The molecule has 0 saturated carbocycles. The van der Waals surface area contributed by atoms with Crippen LogP contribution in [0.2, 0.25) is 0 Å². The number of pyridine rings is 1. The predicted octanol–water partition coefficient (Wildman–Crippen LogP) is 5.96. The molecule has 1 saturated heterocycles. The van der Waals surface area contributed by atoms with Crippen LogP contribution in [0, 0.1) is 0 Å². The van der Waals surface area contributed by atoms with Gasteiger partial charge in [-0.25, -0.2) is 4.79 Å². The van der Waals surface area contributed by atoms with Gasteiger partial charge < -0.3 is 9.64 Å². The minimum absolute atomic E-state index is 0.00914. The van der Waals surface area contributed by atoms with Crippen molar-refractivity contribution in [3.05, 3.63) is 92.3 Å². The number of benzene rings is 1. The van der Waals surface area contributed by atoms with Gasteiger partial charge in [-0.15, -0.1) is 6.58 Å². The van der Waals surface area contributed by atoms with Crippen molar-refractivity contribution in [1.29, 1.82) is 0 Å². The number of rotatable bonds is 6. The Morgan fingerprint density at radius 2 is 1.89 bits per heavy atom. The molecule has 1 aromatic carbocycles. The quantitative estimate of drug-likeness (QED) is 0.462. The van der Waals surface area contributed by atoms with Crippen molar-refractivity contribution in [2.24, 2.45) is 0 Å². The van der Waals surface area contributed by atoms with E-state index in [1.54, 1.807) is 29.3 Å². The average molecular weight is 377 g/mol. The van der Waals surface area contributed by atoms with Crippen molar-refractivity contribution < 1.29 is 9.53 Å². The molecule has 28 heavy (non-hydrogen) atoms. The van der Waals surface area contributed by atoms with Gasteiger partial charge in [-0.3, -0.25) is 4.98 Å². The summed E-state index contributed by atoms with van der Waals surface area (Å²) in [5.74, 6) is 0. The fraction of sp³-hybridized carbons (Fsp3) is 0.250. The van der Waals surface area contributed by atoms with E-state index < -0.39 is 0 Å². The first-order valence-electron chi connectivity index (χ1n) is 9.42. The molecule has 1 aromatic heterocycles. The Labute approximate surface area is 167 Å². The summed E-state index contributed by atoms with van der Waals surface area (Å²) in [6, 6.07) is 12.2. The topological polar surface area (TPSA) is 42.4 Å². The maximum absolute atomic E-state index is 12.2. The van der Waals surface area contributed by atoms with E-state index in [1.165, 1.54) is 0 Å². The van der Waals surface area contributed by atoms with Gasteiger partial charge in [0.15, 0.2) is 0 Å². The highest BCUT2D eigenvalue weighted by atomic mass is 16.6. The molecule has 0 bridgehead atoms. The SMILES string of the molecule is C=CC=C.C=CCC1CCN(C(C)c2ccc(-c3cccnc3)cc2)C(=O)O1. The Bertz CT molecular complexity index is 778. The number of hydrogen-bond acceptors (Lipinski definition) is 3. The van der Waals surface area contributed by atoms with Crippen LogP contribution >= 0.6 is 0 Å². The van der Waals surface area contributed by atoms with Gasteiger partial charge in [-0.2, -0.15) is 0 Å². The first-order chi connectivity index (χ1) is 13.6. The van der Waals surface area contributed by atoms with Crippen LogP contribution < -0.4 is 0 Å². The molecule has 2 heterocycles. The van der Waals surface area contributed by atoms with Crippen LogP contribution in [0.25, 0.3) is 11.1 Å². The molecule has 2 aromatic rings. The smallest absolute Gasteiger partial charge is 0.410 e. The van der Waals surface area contributed by atoms with Crippen molar-refractivity contribution in [2.75, 3.05) is 6.54 Å². The number of hydrogen-bond donors (Lipinski definition) is 0. The second kappa shape index (κ2) is 10.9. The molecular weight excluding hydrogens is 348 g/mol. The molecule has 3 rings (SSSR count). The summed E-state index contributed by atoms with van der Waals surface area (Å²) in [6.45, 7) is 13.2. The van der Waals surface area contributed by atoms with E-state index in [0.29, 0.717) is 13.0 Å². The van der Waals surface area contributed by atoms with Crippen LogP contribution in [0.4, 0.5) is 4.79 Å². The van der Waals surface area contributed by atoms with Crippen LogP contribution in [0.3, 0.4) is 0 Å². The molecule has 0 spiro atoms. The van der Waals surface area contributed by atoms with Crippen LogP contribution in [-0.4, -0.2) is 28.6 Å². The zero-order valence-electron chi connectivity index (χ0n) is 16.5. The molecule has 1 aliphatic rings. The number of carbonyl (C=O) groups excluding carboxylic acids is 1. The lowest BCUT2D eigenvalue weighted by Crippen LogP contribution is -2.43. The number of allylic oxidation sites excluding steroid dienone is 2. The van der Waals surface area contributed by atoms with E-state index in [-0.39, 0.29) is 18.2 Å². The Balaban J connectivity index is 0.000000640. The number of carbonyl (C=O) groups is 1. The van der Waals surface area contributed by atoms with E-state index in [9.17, 15) is 4.79 Å². The second-order valence-corrected chi connectivity index (χ2v) is 6.52. The summed E-state index contributed by atoms with van der Waals surface area (Å²) >= 11 is 0. The van der Waals surface area contributed by atoms with E-state index in [4.69, 9.17) is 4.74 Å². The van der Waals surface area contributed by atoms with Crippen LogP contribution in [0.1, 0.15) is 31.4 Å². The highest BCUT2D eigenvalue weighted by Crippen LogP contribution is 2.28. The van der Waals surface area contributed by atoms with Gasteiger partial charge in [0.05, 0.1) is 6.04 Å². The van der Waals surface area contributed by atoms with Crippen molar-refractivity contribution in [2.45, 2.75) is 31.9 Å². The molecule has 4 nitrogen and oxygen atoms in total. The zero-order valence-corrected chi connectivity index (χ0v) is 16.5. The second-order valence-electron chi connectivity index (χ2n) is 6.52. The third kappa shape index (κ3) is 5.68. The minimum atomic E-state index is -0.239. The highest BCUT2D eigenvalue weighted by molar-refractivity contribution is 5.69. The van der Waals surface area contributed by atoms with Gasteiger partial charge in [0.2, 0.25) is 0 Å². The molecule has 0 N–H and O–H groups in total. The molecule has 0 radical (unpaired) electrons. The summed E-state index contributed by atoms with van der Waals surface area (Å²) in [7, 11) is 0. The third-order valence-electron chi connectivity index (χ3n) is 4.65. The largest absolute Gasteiger partial charge is 0.446 e. The Kier molecular flexibility index (Phi) is 8.22. The number of nitrogens with zero attached hydrogens (tertiary/aromatic N) is 2. The van der Waals surface area contributed by atoms with Gasteiger partial charge in [-0.05, 0) is 29.7 Å². The van der Waals surface area contributed by atoms with Gasteiger partial charge in [-0.1, -0.05) is 61.7 Å². The lowest BCUT2D eigenvalue weighted by molar-refractivity contribution is 0.0146.